The largest absolute Gasteiger partial charge is 0.355 e. The van der Waals surface area contributed by atoms with Crippen LogP contribution < -0.4 is 15.4 Å². The Morgan fingerprint density at radius 3 is 2.22 bits per heavy atom. The molecule has 1 aliphatic heterocycles. The number of rotatable bonds is 6. The lowest BCUT2D eigenvalue weighted by molar-refractivity contribution is 0.119. The molecule has 0 bridgehead atoms. The zero-order chi connectivity index (χ0) is 19.2. The fourth-order valence-electron chi connectivity index (χ4n) is 4.09. The summed E-state index contributed by atoms with van der Waals surface area (Å²) in [5.74, 6) is 0.740. The van der Waals surface area contributed by atoms with Crippen LogP contribution in [-0.4, -0.2) is 69.8 Å². The summed E-state index contributed by atoms with van der Waals surface area (Å²) >= 11 is 0. The molecule has 2 aliphatic rings. The molecule has 0 amide bonds. The molecule has 7 nitrogen and oxygen atoms in total. The highest BCUT2D eigenvalue weighted by molar-refractivity contribution is 14.0. The molecule has 0 unspecified atom stereocenters. The zero-order valence-corrected chi connectivity index (χ0v) is 20.4. The van der Waals surface area contributed by atoms with Crippen molar-refractivity contribution in [3.8, 4) is 0 Å². The van der Waals surface area contributed by atoms with Crippen molar-refractivity contribution < 1.29 is 8.42 Å². The molecule has 9 heteroatoms. The Hall–Kier alpha value is -0.130. The number of sulfonamides is 1. The van der Waals surface area contributed by atoms with E-state index in [4.69, 9.17) is 0 Å². The highest BCUT2D eigenvalue weighted by Gasteiger charge is 2.27. The van der Waals surface area contributed by atoms with E-state index >= 15 is 0 Å². The highest BCUT2D eigenvalue weighted by Crippen LogP contribution is 2.25. The standard InChI is InChI=1S/C18H37N5O2S.HI/c1-18(2,22-26(4,24)25)14-20-17(19-3)21-15-10-12-23(13-11-15)16-8-6-5-7-9-16;/h15-16,22H,5-14H2,1-4H3,(H2,19,20,21);1H. The van der Waals surface area contributed by atoms with E-state index in [-0.39, 0.29) is 24.0 Å². The van der Waals surface area contributed by atoms with Crippen LogP contribution in [0.5, 0.6) is 0 Å². The summed E-state index contributed by atoms with van der Waals surface area (Å²) in [6.45, 7) is 6.50. The van der Waals surface area contributed by atoms with Gasteiger partial charge in [0.25, 0.3) is 0 Å². The average Bonchev–Trinajstić information content (AvgIpc) is 2.58. The van der Waals surface area contributed by atoms with Crippen molar-refractivity contribution in [2.45, 2.75) is 76.4 Å². The topological polar surface area (TPSA) is 85.8 Å². The van der Waals surface area contributed by atoms with Crippen molar-refractivity contribution in [1.82, 2.24) is 20.3 Å². The van der Waals surface area contributed by atoms with E-state index in [0.29, 0.717) is 12.6 Å². The number of guanidine groups is 1. The Morgan fingerprint density at radius 1 is 1.11 bits per heavy atom. The number of nitrogens with zero attached hydrogens (tertiary/aromatic N) is 2. The molecule has 160 valence electrons. The van der Waals surface area contributed by atoms with E-state index in [0.717, 1.165) is 37.9 Å². The van der Waals surface area contributed by atoms with Gasteiger partial charge >= 0.3 is 0 Å². The smallest absolute Gasteiger partial charge is 0.209 e. The molecule has 0 aromatic carbocycles. The SMILES string of the molecule is CN=C(NCC(C)(C)NS(C)(=O)=O)NC1CCN(C2CCCCC2)CC1.I. The second kappa shape index (κ2) is 11.2. The second-order valence-corrected chi connectivity index (χ2v) is 10.2. The Labute approximate surface area is 182 Å². The molecule has 1 aliphatic carbocycles. The van der Waals surface area contributed by atoms with E-state index in [1.165, 1.54) is 38.4 Å². The van der Waals surface area contributed by atoms with Gasteiger partial charge in [0, 0.05) is 44.3 Å². The van der Waals surface area contributed by atoms with Crippen molar-refractivity contribution in [2.24, 2.45) is 4.99 Å². The van der Waals surface area contributed by atoms with Crippen molar-refractivity contribution in [3.63, 3.8) is 0 Å². The van der Waals surface area contributed by atoms with Crippen molar-refractivity contribution in [1.29, 1.82) is 0 Å². The lowest BCUT2D eigenvalue weighted by Gasteiger charge is -2.39. The summed E-state index contributed by atoms with van der Waals surface area (Å²) in [6.07, 6.45) is 10.3. The second-order valence-electron chi connectivity index (χ2n) is 8.43. The van der Waals surface area contributed by atoms with Gasteiger partial charge in [0.1, 0.15) is 0 Å². The average molecular weight is 516 g/mol. The third-order valence-corrected chi connectivity index (χ3v) is 6.27. The van der Waals surface area contributed by atoms with Gasteiger partial charge < -0.3 is 15.5 Å². The highest BCUT2D eigenvalue weighted by atomic mass is 127. The maximum absolute atomic E-state index is 11.4. The van der Waals surface area contributed by atoms with E-state index in [1.54, 1.807) is 7.05 Å². The van der Waals surface area contributed by atoms with E-state index in [2.05, 4.69) is 25.2 Å². The lowest BCUT2D eigenvalue weighted by Crippen LogP contribution is -2.55. The van der Waals surface area contributed by atoms with Crippen LogP contribution in [0.1, 0.15) is 58.8 Å². The maximum atomic E-state index is 11.4. The van der Waals surface area contributed by atoms with Gasteiger partial charge in [-0.15, -0.1) is 24.0 Å². The van der Waals surface area contributed by atoms with Crippen molar-refractivity contribution in [2.75, 3.05) is 32.9 Å². The van der Waals surface area contributed by atoms with Gasteiger partial charge in [-0.05, 0) is 39.5 Å². The molecule has 0 atom stereocenters. The molecule has 1 saturated carbocycles. The van der Waals surface area contributed by atoms with Gasteiger partial charge in [-0.2, -0.15) is 0 Å². The first kappa shape index (κ1) is 24.9. The van der Waals surface area contributed by atoms with Crippen LogP contribution in [-0.2, 0) is 10.0 Å². The first-order chi connectivity index (χ1) is 12.2. The quantitative estimate of drug-likeness (QED) is 0.286. The summed E-state index contributed by atoms with van der Waals surface area (Å²) in [7, 11) is -1.48. The number of likely N-dealkylation sites (tertiary alicyclic amines) is 1. The Morgan fingerprint density at radius 2 is 1.70 bits per heavy atom. The van der Waals surface area contributed by atoms with E-state index < -0.39 is 15.6 Å². The molecule has 0 spiro atoms. The summed E-state index contributed by atoms with van der Waals surface area (Å²) in [6, 6.07) is 1.22. The van der Waals surface area contributed by atoms with Crippen LogP contribution in [0.2, 0.25) is 0 Å². The van der Waals surface area contributed by atoms with Crippen molar-refractivity contribution in [3.05, 3.63) is 0 Å². The van der Waals surface area contributed by atoms with Crippen LogP contribution in [0.4, 0.5) is 0 Å². The minimum Gasteiger partial charge on any atom is -0.355 e. The van der Waals surface area contributed by atoms with Gasteiger partial charge in [-0.25, -0.2) is 13.1 Å². The Bertz CT molecular complexity index is 568. The molecule has 2 rings (SSSR count). The lowest BCUT2D eigenvalue weighted by atomic mass is 9.92. The first-order valence-electron chi connectivity index (χ1n) is 9.89. The summed E-state index contributed by atoms with van der Waals surface area (Å²) < 4.78 is 25.5. The number of halogens is 1. The molecule has 0 aromatic rings. The van der Waals surface area contributed by atoms with Crippen molar-refractivity contribution >= 4 is 40.0 Å². The molecular formula is C18H38IN5O2S. The minimum absolute atomic E-state index is 0. The van der Waals surface area contributed by atoms with Crippen LogP contribution in [0.3, 0.4) is 0 Å². The van der Waals surface area contributed by atoms with E-state index in [1.807, 2.05) is 13.8 Å². The third kappa shape index (κ3) is 9.27. The molecule has 0 aromatic heterocycles. The monoisotopic (exact) mass is 515 g/mol. The van der Waals surface area contributed by atoms with Gasteiger partial charge in [0.15, 0.2) is 5.96 Å². The molecule has 1 heterocycles. The normalized spacial score (nSPS) is 21.6. The third-order valence-electron chi connectivity index (χ3n) is 5.34. The van der Waals surface area contributed by atoms with Crippen LogP contribution in [0, 0.1) is 0 Å². The molecule has 3 N–H and O–H groups in total. The fraction of sp³-hybridized carbons (Fsp3) is 0.944. The Kier molecular flexibility index (Phi) is 10.3. The Balaban J connectivity index is 0.00000364. The molecule has 2 fully saturated rings. The van der Waals surface area contributed by atoms with Crippen LogP contribution in [0.15, 0.2) is 4.99 Å². The molecule has 1 saturated heterocycles. The predicted molar refractivity (Wildman–Crippen MR) is 123 cm³/mol. The minimum atomic E-state index is -3.24. The molecule has 27 heavy (non-hydrogen) atoms. The van der Waals surface area contributed by atoms with Gasteiger partial charge in [0.05, 0.1) is 6.26 Å². The number of nitrogens with one attached hydrogen (secondary N) is 3. The first-order valence-corrected chi connectivity index (χ1v) is 11.8. The summed E-state index contributed by atoms with van der Waals surface area (Å²) in [4.78, 5) is 6.97. The summed E-state index contributed by atoms with van der Waals surface area (Å²) in [5.41, 5.74) is -0.574. The fourth-order valence-corrected chi connectivity index (χ4v) is 5.16. The number of hydrogen-bond donors (Lipinski definition) is 3. The number of piperidine rings is 1. The number of aliphatic imine (C=N–C) groups is 1. The van der Waals surface area contributed by atoms with Gasteiger partial charge in [-0.1, -0.05) is 19.3 Å². The number of hydrogen-bond acceptors (Lipinski definition) is 4. The van der Waals surface area contributed by atoms with E-state index in [9.17, 15) is 8.42 Å². The van der Waals surface area contributed by atoms with Gasteiger partial charge in [-0.3, -0.25) is 4.99 Å². The molecule has 0 radical (unpaired) electrons. The molecular weight excluding hydrogens is 477 g/mol. The van der Waals surface area contributed by atoms with Crippen LogP contribution >= 0.6 is 24.0 Å². The summed E-state index contributed by atoms with van der Waals surface area (Å²) in [5, 5.41) is 6.75. The predicted octanol–water partition coefficient (Wildman–Crippen LogP) is 1.89. The van der Waals surface area contributed by atoms with Gasteiger partial charge in [0.2, 0.25) is 10.0 Å². The van der Waals surface area contributed by atoms with Crippen LogP contribution in [0.25, 0.3) is 0 Å². The zero-order valence-electron chi connectivity index (χ0n) is 17.3. The maximum Gasteiger partial charge on any atom is 0.209 e.